The normalized spacial score (nSPS) is 15.2. The van der Waals surface area contributed by atoms with Crippen molar-refractivity contribution in [3.63, 3.8) is 0 Å². The van der Waals surface area contributed by atoms with Crippen molar-refractivity contribution in [1.29, 1.82) is 0 Å². The Morgan fingerprint density at radius 2 is 1.05 bits per heavy atom. The van der Waals surface area contributed by atoms with Gasteiger partial charge in [-0.1, -0.05) is 86.0 Å². The van der Waals surface area contributed by atoms with Crippen molar-refractivity contribution >= 4 is 99.5 Å². The Morgan fingerprint density at radius 1 is 0.598 bits per heavy atom. The maximum absolute atomic E-state index is 11.6. The second kappa shape index (κ2) is 34.1. The molecule has 468 valence electrons. The predicted molar refractivity (Wildman–Crippen MR) is 352 cm³/mol. The van der Waals surface area contributed by atoms with Crippen LogP contribution in [0.25, 0.3) is 0 Å². The van der Waals surface area contributed by atoms with Crippen LogP contribution in [-0.2, 0) is 22.7 Å². The van der Waals surface area contributed by atoms with Gasteiger partial charge in [-0.05, 0) is 124 Å². The molecule has 0 bridgehead atoms. The van der Waals surface area contributed by atoms with Crippen molar-refractivity contribution in [3.8, 4) is 23.0 Å². The highest BCUT2D eigenvalue weighted by Crippen LogP contribution is 2.38. The van der Waals surface area contributed by atoms with Crippen LogP contribution in [0, 0.1) is 11.8 Å². The standard InChI is InChI=1S/C34H46ClN7O3S.C30H38Cl2N6O3/c1-24(25-10-5-4-6-11-25)42(23-26-15-16-27(22-30(26)44-3)45-19-9-14-31(43)36-2)34-39-32(37-29-13-8-7-12-28(29)35)38-33(40-34)41-17-20-46-21-18-41;1-20(21-10-5-4-6-11-21)38(30-36-28(32)35-29(37-30)34-25-13-8-7-12-24(25)31)19-22-15-16-23(18-26(22)40-3)41-17-9-14-27(39)33-2/h7-8,12-13,15-16,22,24-25H,4-6,9-11,14,17-21,23H2,1-3H3,(H,36,43)(H,37,38,39,40);7-8,12-13,15-16,18,20-21H,4-6,9-11,14,17,19H2,1-3H3,(H,33,39)(H,34,35,36,37)/t24-;20-/m00/s1. The number of rotatable bonds is 27. The second-order valence-electron chi connectivity index (χ2n) is 22.0. The molecule has 4 aromatic carbocycles. The molecule has 2 atom stereocenters. The van der Waals surface area contributed by atoms with E-state index in [0.29, 0.717) is 127 Å². The number of aromatic nitrogens is 6. The Balaban J connectivity index is 0.000000227. The maximum Gasteiger partial charge on any atom is 0.233 e. The van der Waals surface area contributed by atoms with E-state index in [2.05, 4.69) is 65.8 Å². The molecule has 0 spiro atoms. The number of hydrogen-bond acceptors (Lipinski definition) is 18. The van der Waals surface area contributed by atoms with Gasteiger partial charge in [-0.25, -0.2) is 0 Å². The molecule has 0 radical (unpaired) electrons. The minimum atomic E-state index is -0.00244. The highest BCUT2D eigenvalue weighted by atomic mass is 35.5. The third kappa shape index (κ3) is 19.6. The topological polar surface area (TPSA) is 206 Å². The summed E-state index contributed by atoms with van der Waals surface area (Å²) >= 11 is 21.3. The largest absolute Gasteiger partial charge is 0.496 e. The van der Waals surface area contributed by atoms with E-state index in [0.717, 1.165) is 60.0 Å². The van der Waals surface area contributed by atoms with Crippen LogP contribution in [0.1, 0.15) is 115 Å². The summed E-state index contributed by atoms with van der Waals surface area (Å²) < 4.78 is 23.5. The lowest BCUT2D eigenvalue weighted by Crippen LogP contribution is -2.41. The first-order chi connectivity index (χ1) is 42.3. The summed E-state index contributed by atoms with van der Waals surface area (Å²) in [6, 6.07) is 27.1. The number of thioether (sulfide) groups is 1. The summed E-state index contributed by atoms with van der Waals surface area (Å²) in [5, 5.41) is 13.1. The zero-order valence-electron chi connectivity index (χ0n) is 51.0. The number of nitrogens with zero attached hydrogens (tertiary/aromatic N) is 9. The number of carbonyl (C=O) groups is 2. The number of amides is 2. The molecule has 3 fully saturated rings. The summed E-state index contributed by atoms with van der Waals surface area (Å²) in [7, 11) is 6.61. The summed E-state index contributed by atoms with van der Waals surface area (Å²) in [5.41, 5.74) is 3.41. The van der Waals surface area contributed by atoms with Crippen molar-refractivity contribution in [2.24, 2.45) is 11.8 Å². The lowest BCUT2D eigenvalue weighted by atomic mass is 9.84. The molecular formula is C64H84Cl3N13O6S. The van der Waals surface area contributed by atoms with Gasteiger partial charge in [0.25, 0.3) is 0 Å². The van der Waals surface area contributed by atoms with Crippen molar-refractivity contribution in [2.45, 2.75) is 129 Å². The fraction of sp³-hybridized carbons (Fsp3) is 0.500. The van der Waals surface area contributed by atoms with Crippen LogP contribution in [0.4, 0.5) is 41.1 Å². The average molecular weight is 1270 g/mol. The molecule has 0 unspecified atom stereocenters. The smallest absolute Gasteiger partial charge is 0.233 e. The van der Waals surface area contributed by atoms with E-state index in [1.807, 2.05) is 84.6 Å². The molecule has 1 saturated heterocycles. The third-order valence-corrected chi connectivity index (χ3v) is 18.1. The number of nitrogens with one attached hydrogen (secondary N) is 4. The Hall–Kier alpha value is -6.74. The van der Waals surface area contributed by atoms with Gasteiger partial charge in [0.15, 0.2) is 0 Å². The van der Waals surface area contributed by atoms with Crippen LogP contribution in [0.5, 0.6) is 23.0 Å². The van der Waals surface area contributed by atoms with Gasteiger partial charge in [-0.15, -0.1) is 0 Å². The minimum absolute atomic E-state index is 0.00244. The molecule has 23 heteroatoms. The number of methoxy groups -OCH3 is 2. The van der Waals surface area contributed by atoms with E-state index in [-0.39, 0.29) is 29.2 Å². The molecule has 3 heterocycles. The van der Waals surface area contributed by atoms with Gasteiger partial charge in [0, 0.05) is 100.0 Å². The van der Waals surface area contributed by atoms with Gasteiger partial charge in [0.2, 0.25) is 46.8 Å². The van der Waals surface area contributed by atoms with E-state index in [1.54, 1.807) is 34.4 Å². The van der Waals surface area contributed by atoms with Gasteiger partial charge in [0.05, 0.1) is 48.9 Å². The fourth-order valence-corrected chi connectivity index (χ4v) is 12.6. The first kappa shape index (κ1) is 66.2. The molecule has 6 aromatic rings. The van der Waals surface area contributed by atoms with Crippen LogP contribution in [0.15, 0.2) is 84.9 Å². The number of anilines is 7. The van der Waals surface area contributed by atoms with Gasteiger partial charge < -0.3 is 54.9 Å². The molecule has 2 amide bonds. The number of carbonyl (C=O) groups excluding carboxylic acids is 2. The van der Waals surface area contributed by atoms with Gasteiger partial charge >= 0.3 is 0 Å². The third-order valence-electron chi connectivity index (χ3n) is 16.3. The molecule has 4 N–H and O–H groups in total. The van der Waals surface area contributed by atoms with Crippen molar-refractivity contribution in [2.75, 3.05) is 91.5 Å². The minimum Gasteiger partial charge on any atom is -0.496 e. The SMILES string of the molecule is CNC(=O)CCCOc1ccc(CN(c2nc(Cl)nc(Nc3ccccc3Cl)n2)[C@@H](C)C2CCCCC2)c(OC)c1.CNC(=O)CCCOc1ccc(CN(c2nc(Nc3ccccc3Cl)nc(N3CCSCC3)n2)[C@@H](C)C2CCCCC2)c(OC)c1. The number of benzene rings is 4. The second-order valence-corrected chi connectivity index (χ2v) is 24.4. The Morgan fingerprint density at radius 3 is 1.49 bits per heavy atom. The molecule has 3 aliphatic rings. The molecule has 2 aliphatic carbocycles. The number of hydrogen-bond donors (Lipinski definition) is 4. The van der Waals surface area contributed by atoms with E-state index in [4.69, 9.17) is 73.7 Å². The predicted octanol–water partition coefficient (Wildman–Crippen LogP) is 13.5. The van der Waals surface area contributed by atoms with E-state index in [9.17, 15) is 9.59 Å². The van der Waals surface area contributed by atoms with Gasteiger partial charge in [0.1, 0.15) is 23.0 Å². The fourth-order valence-electron chi connectivity index (χ4n) is 11.2. The van der Waals surface area contributed by atoms with Gasteiger partial charge in [-0.2, -0.15) is 41.7 Å². The highest BCUT2D eigenvalue weighted by molar-refractivity contribution is 7.99. The number of para-hydroxylation sites is 2. The van der Waals surface area contributed by atoms with Crippen LogP contribution in [-0.4, -0.2) is 120 Å². The number of ether oxygens (including phenoxy) is 4. The van der Waals surface area contributed by atoms with Crippen molar-refractivity contribution in [3.05, 3.63) is 111 Å². The summed E-state index contributed by atoms with van der Waals surface area (Å²) in [5.74, 6) is 8.50. The molecule has 19 nitrogen and oxygen atoms in total. The van der Waals surface area contributed by atoms with Crippen LogP contribution in [0.3, 0.4) is 0 Å². The monoisotopic (exact) mass is 1270 g/mol. The highest BCUT2D eigenvalue weighted by Gasteiger charge is 2.32. The van der Waals surface area contributed by atoms with E-state index >= 15 is 0 Å². The van der Waals surface area contributed by atoms with Gasteiger partial charge in [-0.3, -0.25) is 9.59 Å². The maximum atomic E-state index is 11.6. The van der Waals surface area contributed by atoms with Crippen LogP contribution >= 0.6 is 46.6 Å². The quantitative estimate of drug-likeness (QED) is 0.0354. The van der Waals surface area contributed by atoms with Crippen LogP contribution in [0.2, 0.25) is 15.3 Å². The molecular weight excluding hydrogens is 1190 g/mol. The molecule has 87 heavy (non-hydrogen) atoms. The summed E-state index contributed by atoms with van der Waals surface area (Å²) in [6.45, 7) is 8.24. The molecule has 9 rings (SSSR count). The van der Waals surface area contributed by atoms with Crippen molar-refractivity contribution < 1.29 is 28.5 Å². The zero-order valence-corrected chi connectivity index (χ0v) is 54.0. The molecule has 1 aliphatic heterocycles. The first-order valence-electron chi connectivity index (χ1n) is 30.4. The Bertz CT molecular complexity index is 3150. The Kier molecular flexibility index (Phi) is 26.0. The molecule has 2 aromatic heterocycles. The number of halogens is 3. The molecule has 2 saturated carbocycles. The Labute approximate surface area is 532 Å². The summed E-state index contributed by atoms with van der Waals surface area (Å²) in [6.07, 6.45) is 14.3. The summed E-state index contributed by atoms with van der Waals surface area (Å²) in [4.78, 5) is 58.5. The van der Waals surface area contributed by atoms with E-state index < -0.39 is 0 Å². The first-order valence-corrected chi connectivity index (χ1v) is 32.7. The lowest BCUT2D eigenvalue weighted by Gasteiger charge is -2.37. The zero-order chi connectivity index (χ0) is 61.5. The van der Waals surface area contributed by atoms with Crippen molar-refractivity contribution in [1.82, 2.24) is 40.5 Å². The average Bonchev–Trinajstić information content (AvgIpc) is 3.66. The lowest BCUT2D eigenvalue weighted by molar-refractivity contribution is -0.121. The van der Waals surface area contributed by atoms with Crippen LogP contribution < -0.4 is 54.9 Å². The van der Waals surface area contributed by atoms with E-state index in [1.165, 1.54) is 51.4 Å².